The van der Waals surface area contributed by atoms with Crippen LogP contribution >= 0.6 is 43.5 Å². The van der Waals surface area contributed by atoms with Crippen molar-refractivity contribution >= 4 is 43.5 Å². The van der Waals surface area contributed by atoms with E-state index < -0.39 is 0 Å². The fourth-order valence-electron chi connectivity index (χ4n) is 2.49. The summed E-state index contributed by atoms with van der Waals surface area (Å²) in [4.78, 5) is 0.0300. The number of methoxy groups -OCH3 is 1. The second-order valence-corrected chi connectivity index (χ2v) is 7.32. The van der Waals surface area contributed by atoms with E-state index in [1.165, 1.54) is 11.1 Å². The number of hydrogen-bond acceptors (Lipinski definition) is 1. The van der Waals surface area contributed by atoms with Crippen molar-refractivity contribution in [3.8, 4) is 5.75 Å². The summed E-state index contributed by atoms with van der Waals surface area (Å²) in [5, 5.41) is 0.739. The molecule has 0 saturated carbocycles. The van der Waals surface area contributed by atoms with E-state index in [0.717, 1.165) is 31.9 Å². The summed E-state index contributed by atoms with van der Waals surface area (Å²) in [5.74, 6) is 0.914. The predicted octanol–water partition coefficient (Wildman–Crippen LogP) is 6.52. The molecule has 2 rings (SSSR count). The molecular weight excluding hydrogens is 415 g/mol. The Morgan fingerprint density at radius 3 is 2.38 bits per heavy atom. The van der Waals surface area contributed by atoms with Gasteiger partial charge in [-0.05, 0) is 61.2 Å². The Morgan fingerprint density at radius 2 is 1.76 bits per heavy atom. The van der Waals surface area contributed by atoms with Gasteiger partial charge in [-0.2, -0.15) is 0 Å². The molecule has 0 radical (unpaired) electrons. The lowest BCUT2D eigenvalue weighted by Gasteiger charge is -2.22. The van der Waals surface area contributed by atoms with Crippen molar-refractivity contribution in [1.82, 2.24) is 0 Å². The fourth-order valence-corrected chi connectivity index (χ4v) is 4.27. The number of alkyl halides is 1. The van der Waals surface area contributed by atoms with Gasteiger partial charge < -0.3 is 4.74 Å². The van der Waals surface area contributed by atoms with Crippen LogP contribution in [-0.2, 0) is 0 Å². The van der Waals surface area contributed by atoms with Crippen LogP contribution in [0.2, 0.25) is 5.02 Å². The summed E-state index contributed by atoms with van der Waals surface area (Å²) in [5.41, 5.74) is 5.75. The van der Waals surface area contributed by atoms with Crippen LogP contribution in [0.5, 0.6) is 5.75 Å². The zero-order valence-electron chi connectivity index (χ0n) is 12.4. The zero-order chi connectivity index (χ0) is 15.7. The lowest BCUT2D eigenvalue weighted by molar-refractivity contribution is 0.406. The molecule has 0 saturated heterocycles. The molecule has 0 fully saturated rings. The topological polar surface area (TPSA) is 9.23 Å². The van der Waals surface area contributed by atoms with Crippen molar-refractivity contribution in [1.29, 1.82) is 0 Å². The van der Waals surface area contributed by atoms with Gasteiger partial charge in [0.2, 0.25) is 0 Å². The molecule has 1 nitrogen and oxygen atoms in total. The third kappa shape index (κ3) is 3.30. The lowest BCUT2D eigenvalue weighted by Crippen LogP contribution is -2.04. The van der Waals surface area contributed by atoms with Gasteiger partial charge >= 0.3 is 0 Å². The van der Waals surface area contributed by atoms with Gasteiger partial charge in [-0.3, -0.25) is 0 Å². The molecule has 21 heavy (non-hydrogen) atoms. The highest BCUT2D eigenvalue weighted by atomic mass is 79.9. The molecule has 0 bridgehead atoms. The third-order valence-corrected chi connectivity index (χ3v) is 5.69. The maximum atomic E-state index is 6.16. The molecule has 1 unspecified atom stereocenters. The number of benzene rings is 2. The van der Waals surface area contributed by atoms with Crippen molar-refractivity contribution in [3.05, 3.63) is 61.6 Å². The van der Waals surface area contributed by atoms with Gasteiger partial charge in [-0.1, -0.05) is 49.5 Å². The maximum Gasteiger partial charge on any atom is 0.126 e. The summed E-state index contributed by atoms with van der Waals surface area (Å²) in [6, 6.07) is 8.04. The molecule has 0 aromatic heterocycles. The van der Waals surface area contributed by atoms with Crippen LogP contribution in [0.15, 0.2) is 28.7 Å². The van der Waals surface area contributed by atoms with Crippen molar-refractivity contribution in [2.24, 2.45) is 0 Å². The summed E-state index contributed by atoms with van der Waals surface area (Å²) in [7, 11) is 1.71. The first-order chi connectivity index (χ1) is 9.86. The second kappa shape index (κ2) is 6.72. The smallest absolute Gasteiger partial charge is 0.126 e. The quantitative estimate of drug-likeness (QED) is 0.502. The molecule has 2 aromatic carbocycles. The maximum absolute atomic E-state index is 6.16. The van der Waals surface area contributed by atoms with Gasteiger partial charge in [0.05, 0.1) is 11.9 Å². The van der Waals surface area contributed by atoms with E-state index in [9.17, 15) is 0 Å². The Kier molecular flexibility index (Phi) is 5.39. The van der Waals surface area contributed by atoms with Crippen LogP contribution < -0.4 is 4.74 Å². The highest BCUT2D eigenvalue weighted by Gasteiger charge is 2.22. The lowest BCUT2D eigenvalue weighted by atomic mass is 9.94. The summed E-state index contributed by atoms with van der Waals surface area (Å²) >= 11 is 13.6. The normalized spacial score (nSPS) is 12.3. The molecule has 2 aromatic rings. The van der Waals surface area contributed by atoms with Gasteiger partial charge in [-0.25, -0.2) is 0 Å². The fraction of sp³-hybridized carbons (Fsp3) is 0.294. The van der Waals surface area contributed by atoms with E-state index in [4.69, 9.17) is 16.3 Å². The second-order valence-electron chi connectivity index (χ2n) is 5.11. The average molecular weight is 433 g/mol. The molecule has 112 valence electrons. The van der Waals surface area contributed by atoms with E-state index in [-0.39, 0.29) is 4.83 Å². The van der Waals surface area contributed by atoms with Crippen molar-refractivity contribution in [2.75, 3.05) is 7.11 Å². The number of halogens is 3. The standard InChI is InChI=1S/C17H17Br2ClO/c1-9-5-6-12(20)8-13(9)16(19)15-11(3)14(18)7-10(2)17(15)21-4/h5-8,16H,1-4H3. The van der Waals surface area contributed by atoms with Gasteiger partial charge in [0.1, 0.15) is 5.75 Å². The van der Waals surface area contributed by atoms with Gasteiger partial charge in [0.25, 0.3) is 0 Å². The van der Waals surface area contributed by atoms with Gasteiger partial charge in [0.15, 0.2) is 0 Å². The van der Waals surface area contributed by atoms with Crippen LogP contribution in [0.4, 0.5) is 0 Å². The molecule has 4 heteroatoms. The van der Waals surface area contributed by atoms with Crippen molar-refractivity contribution in [2.45, 2.75) is 25.6 Å². The SMILES string of the molecule is COc1c(C)cc(Br)c(C)c1C(Br)c1cc(Cl)ccc1C. The summed E-state index contributed by atoms with van der Waals surface area (Å²) in [6.45, 7) is 6.24. The van der Waals surface area contributed by atoms with E-state index >= 15 is 0 Å². The molecule has 0 amide bonds. The van der Waals surface area contributed by atoms with Crippen LogP contribution in [0.3, 0.4) is 0 Å². The van der Waals surface area contributed by atoms with E-state index in [1.807, 2.05) is 18.2 Å². The molecule has 0 spiro atoms. The average Bonchev–Trinajstić information content (AvgIpc) is 2.44. The highest BCUT2D eigenvalue weighted by Crippen LogP contribution is 2.44. The number of rotatable bonds is 3. The number of aryl methyl sites for hydroxylation is 2. The Morgan fingerprint density at radius 1 is 1.10 bits per heavy atom. The summed E-state index contributed by atoms with van der Waals surface area (Å²) < 4.78 is 6.72. The molecule has 0 aliphatic rings. The van der Waals surface area contributed by atoms with Gasteiger partial charge in [0, 0.05) is 15.1 Å². The molecule has 1 atom stereocenters. The number of ether oxygens (including phenoxy) is 1. The van der Waals surface area contributed by atoms with Crippen LogP contribution in [0.25, 0.3) is 0 Å². The Balaban J connectivity index is 2.68. The Labute approximate surface area is 147 Å². The first kappa shape index (κ1) is 16.9. The minimum Gasteiger partial charge on any atom is -0.496 e. The van der Waals surface area contributed by atoms with Crippen molar-refractivity contribution in [3.63, 3.8) is 0 Å². The zero-order valence-corrected chi connectivity index (χ0v) is 16.4. The molecule has 0 N–H and O–H groups in total. The van der Waals surface area contributed by atoms with E-state index in [2.05, 4.69) is 58.7 Å². The van der Waals surface area contributed by atoms with Gasteiger partial charge in [-0.15, -0.1) is 0 Å². The number of hydrogen-bond donors (Lipinski definition) is 0. The molecular formula is C17H17Br2ClO. The van der Waals surface area contributed by atoms with E-state index in [0.29, 0.717) is 0 Å². The molecule has 0 heterocycles. The Bertz CT molecular complexity index is 683. The van der Waals surface area contributed by atoms with Crippen LogP contribution in [-0.4, -0.2) is 7.11 Å². The third-order valence-electron chi connectivity index (χ3n) is 3.68. The largest absolute Gasteiger partial charge is 0.496 e. The molecule has 0 aliphatic heterocycles. The predicted molar refractivity (Wildman–Crippen MR) is 97.1 cm³/mol. The first-order valence-electron chi connectivity index (χ1n) is 6.60. The molecule has 0 aliphatic carbocycles. The highest BCUT2D eigenvalue weighted by molar-refractivity contribution is 9.10. The Hall–Kier alpha value is -0.510. The van der Waals surface area contributed by atoms with E-state index in [1.54, 1.807) is 7.11 Å². The monoisotopic (exact) mass is 430 g/mol. The van der Waals surface area contributed by atoms with Crippen LogP contribution in [0, 0.1) is 20.8 Å². The van der Waals surface area contributed by atoms with Crippen molar-refractivity contribution < 1.29 is 4.74 Å². The first-order valence-corrected chi connectivity index (χ1v) is 8.69. The minimum atomic E-state index is 0.0300. The van der Waals surface area contributed by atoms with Crippen LogP contribution in [0.1, 0.15) is 32.6 Å². The minimum absolute atomic E-state index is 0.0300. The summed E-state index contributed by atoms with van der Waals surface area (Å²) in [6.07, 6.45) is 0.